The Bertz CT molecular complexity index is 244. The molecule has 5 heteroatoms. The summed E-state index contributed by atoms with van der Waals surface area (Å²) < 4.78 is 15.5. The number of alkyl halides is 1. The molecule has 0 saturated heterocycles. The molecule has 0 spiro atoms. The van der Waals surface area contributed by atoms with Crippen molar-refractivity contribution in [2.45, 2.75) is 32.6 Å². The molecular formula is C14H25ClO4. The first-order valence-electron chi connectivity index (χ1n) is 6.72. The van der Waals surface area contributed by atoms with Crippen molar-refractivity contribution in [2.24, 2.45) is 0 Å². The van der Waals surface area contributed by atoms with E-state index in [0.717, 1.165) is 38.2 Å². The van der Waals surface area contributed by atoms with E-state index in [9.17, 15) is 4.79 Å². The smallest absolute Gasteiger partial charge is 0.333 e. The number of carbonyl (C=O) groups is 1. The molecule has 0 bridgehead atoms. The molecule has 0 fully saturated rings. The predicted octanol–water partition coefficient (Wildman–Crippen LogP) is 2.94. The van der Waals surface area contributed by atoms with Crippen molar-refractivity contribution >= 4 is 17.6 Å². The van der Waals surface area contributed by atoms with Crippen molar-refractivity contribution in [2.75, 3.05) is 38.9 Å². The van der Waals surface area contributed by atoms with Crippen molar-refractivity contribution in [3.63, 3.8) is 0 Å². The van der Waals surface area contributed by atoms with Gasteiger partial charge >= 0.3 is 5.97 Å². The molecular weight excluding hydrogens is 268 g/mol. The predicted molar refractivity (Wildman–Crippen MR) is 76.6 cm³/mol. The molecule has 4 nitrogen and oxygen atoms in total. The molecule has 0 amide bonds. The summed E-state index contributed by atoms with van der Waals surface area (Å²) in [6.07, 6.45) is 4.46. The lowest BCUT2D eigenvalue weighted by atomic mass is 10.2. The van der Waals surface area contributed by atoms with Crippen LogP contribution in [-0.2, 0) is 19.0 Å². The van der Waals surface area contributed by atoms with E-state index < -0.39 is 0 Å². The molecule has 0 unspecified atom stereocenters. The van der Waals surface area contributed by atoms with E-state index in [2.05, 4.69) is 6.58 Å². The van der Waals surface area contributed by atoms with Crippen LogP contribution in [0.2, 0.25) is 0 Å². The molecule has 0 saturated carbocycles. The monoisotopic (exact) mass is 292 g/mol. The first-order chi connectivity index (χ1) is 9.18. The van der Waals surface area contributed by atoms with Gasteiger partial charge in [0.15, 0.2) is 0 Å². The molecule has 0 aromatic carbocycles. The first-order valence-corrected chi connectivity index (χ1v) is 7.26. The number of halogens is 1. The van der Waals surface area contributed by atoms with Gasteiger partial charge in [-0.1, -0.05) is 19.4 Å². The Morgan fingerprint density at radius 2 is 1.53 bits per heavy atom. The minimum atomic E-state index is -0.378. The second-order valence-electron chi connectivity index (χ2n) is 4.24. The molecule has 0 radical (unpaired) electrons. The van der Waals surface area contributed by atoms with E-state index in [1.165, 1.54) is 0 Å². The molecule has 112 valence electrons. The zero-order valence-corrected chi connectivity index (χ0v) is 12.5. The maximum absolute atomic E-state index is 11.0. The quantitative estimate of drug-likeness (QED) is 0.227. The standard InChI is InChI=1S/C14H25ClO4/c1-13(2)14(16)19-12-11-18-10-9-17-8-6-4-3-5-7-15/h1,3-12H2,2H3. The number of unbranched alkanes of at least 4 members (excludes halogenated alkanes) is 3. The number of ether oxygens (including phenoxy) is 3. The highest BCUT2D eigenvalue weighted by atomic mass is 35.5. The van der Waals surface area contributed by atoms with Gasteiger partial charge in [-0.3, -0.25) is 0 Å². The average Bonchev–Trinajstić information content (AvgIpc) is 2.39. The van der Waals surface area contributed by atoms with Crippen LogP contribution in [-0.4, -0.2) is 44.9 Å². The van der Waals surface area contributed by atoms with Crippen LogP contribution in [0.15, 0.2) is 12.2 Å². The fourth-order valence-electron chi connectivity index (χ4n) is 1.29. The molecule has 0 N–H and O–H groups in total. The Labute approximate surface area is 121 Å². The van der Waals surface area contributed by atoms with Gasteiger partial charge in [-0.15, -0.1) is 11.6 Å². The summed E-state index contributed by atoms with van der Waals surface area (Å²) in [4.78, 5) is 11.0. The lowest BCUT2D eigenvalue weighted by Crippen LogP contribution is -2.13. The third kappa shape index (κ3) is 13.6. The van der Waals surface area contributed by atoms with Crippen LogP contribution >= 0.6 is 11.6 Å². The van der Waals surface area contributed by atoms with Crippen LogP contribution in [0.5, 0.6) is 0 Å². The summed E-state index contributed by atoms with van der Waals surface area (Å²) in [5, 5.41) is 0. The topological polar surface area (TPSA) is 44.8 Å². The Morgan fingerprint density at radius 1 is 0.947 bits per heavy atom. The molecule has 0 atom stereocenters. The summed E-state index contributed by atoms with van der Waals surface area (Å²) >= 11 is 5.58. The van der Waals surface area contributed by atoms with Gasteiger partial charge in [0, 0.05) is 18.1 Å². The van der Waals surface area contributed by atoms with Crippen LogP contribution in [0.3, 0.4) is 0 Å². The highest BCUT2D eigenvalue weighted by Crippen LogP contribution is 2.01. The summed E-state index contributed by atoms with van der Waals surface area (Å²) in [6.45, 7) is 7.60. The number of rotatable bonds is 13. The van der Waals surface area contributed by atoms with Crippen LogP contribution in [0.25, 0.3) is 0 Å². The van der Waals surface area contributed by atoms with Gasteiger partial charge in [-0.2, -0.15) is 0 Å². The average molecular weight is 293 g/mol. The fourth-order valence-corrected chi connectivity index (χ4v) is 1.48. The zero-order valence-electron chi connectivity index (χ0n) is 11.8. The minimum Gasteiger partial charge on any atom is -0.460 e. The largest absolute Gasteiger partial charge is 0.460 e. The molecule has 0 rings (SSSR count). The Hall–Kier alpha value is -0.580. The lowest BCUT2D eigenvalue weighted by molar-refractivity contribution is -0.140. The van der Waals surface area contributed by atoms with Crippen molar-refractivity contribution in [3.05, 3.63) is 12.2 Å². The van der Waals surface area contributed by atoms with Crippen molar-refractivity contribution < 1.29 is 19.0 Å². The van der Waals surface area contributed by atoms with E-state index in [1.54, 1.807) is 6.92 Å². The highest BCUT2D eigenvalue weighted by Gasteiger charge is 2.01. The van der Waals surface area contributed by atoms with Crippen LogP contribution in [0.4, 0.5) is 0 Å². The van der Waals surface area contributed by atoms with E-state index in [1.807, 2.05) is 0 Å². The van der Waals surface area contributed by atoms with Gasteiger partial charge in [0.2, 0.25) is 0 Å². The van der Waals surface area contributed by atoms with Gasteiger partial charge in [0.1, 0.15) is 6.61 Å². The van der Waals surface area contributed by atoms with Crippen molar-refractivity contribution in [1.82, 2.24) is 0 Å². The molecule has 0 aliphatic heterocycles. The summed E-state index contributed by atoms with van der Waals surface area (Å²) in [5.41, 5.74) is 0.400. The molecule has 0 aromatic rings. The van der Waals surface area contributed by atoms with Gasteiger partial charge in [0.05, 0.1) is 19.8 Å². The second-order valence-corrected chi connectivity index (χ2v) is 4.62. The van der Waals surface area contributed by atoms with Crippen LogP contribution in [0, 0.1) is 0 Å². The summed E-state index contributed by atoms with van der Waals surface area (Å²) in [5.74, 6) is 0.363. The summed E-state index contributed by atoms with van der Waals surface area (Å²) in [7, 11) is 0. The van der Waals surface area contributed by atoms with E-state index in [-0.39, 0.29) is 12.6 Å². The molecule has 0 aliphatic rings. The Kier molecular flexibility index (Phi) is 13.4. The van der Waals surface area contributed by atoms with Crippen molar-refractivity contribution in [1.29, 1.82) is 0 Å². The molecule has 0 aromatic heterocycles. The maximum Gasteiger partial charge on any atom is 0.333 e. The zero-order chi connectivity index (χ0) is 14.3. The van der Waals surface area contributed by atoms with Crippen LogP contribution in [0.1, 0.15) is 32.6 Å². The fraction of sp³-hybridized carbons (Fsp3) is 0.786. The van der Waals surface area contributed by atoms with Crippen molar-refractivity contribution in [3.8, 4) is 0 Å². The summed E-state index contributed by atoms with van der Waals surface area (Å²) in [6, 6.07) is 0. The van der Waals surface area contributed by atoms with E-state index >= 15 is 0 Å². The third-order valence-corrected chi connectivity index (χ3v) is 2.62. The number of carbonyl (C=O) groups excluding carboxylic acids is 1. The van der Waals surface area contributed by atoms with Gasteiger partial charge in [0.25, 0.3) is 0 Å². The molecule has 19 heavy (non-hydrogen) atoms. The second kappa shape index (κ2) is 13.8. The highest BCUT2D eigenvalue weighted by molar-refractivity contribution is 6.17. The SMILES string of the molecule is C=C(C)C(=O)OCCOCCOCCCCCCCl. The van der Waals surface area contributed by atoms with E-state index in [4.69, 9.17) is 25.8 Å². The Balaban J connectivity index is 3.07. The van der Waals surface area contributed by atoms with Gasteiger partial charge in [-0.05, 0) is 19.8 Å². The lowest BCUT2D eigenvalue weighted by Gasteiger charge is -2.06. The maximum atomic E-state index is 11.0. The molecule has 0 aliphatic carbocycles. The third-order valence-electron chi connectivity index (χ3n) is 2.35. The van der Waals surface area contributed by atoms with Crippen LogP contribution < -0.4 is 0 Å². The number of esters is 1. The number of hydrogen-bond donors (Lipinski definition) is 0. The van der Waals surface area contributed by atoms with E-state index in [0.29, 0.717) is 25.4 Å². The Morgan fingerprint density at radius 3 is 2.16 bits per heavy atom. The molecule has 0 heterocycles. The first kappa shape index (κ1) is 18.4. The van der Waals surface area contributed by atoms with Gasteiger partial charge in [-0.25, -0.2) is 4.79 Å². The number of hydrogen-bond acceptors (Lipinski definition) is 4. The van der Waals surface area contributed by atoms with Gasteiger partial charge < -0.3 is 14.2 Å². The normalized spacial score (nSPS) is 10.4. The minimum absolute atomic E-state index is 0.254.